The zero-order valence-corrected chi connectivity index (χ0v) is 16.7. The van der Waals surface area contributed by atoms with E-state index in [2.05, 4.69) is 19.8 Å². The van der Waals surface area contributed by atoms with Gasteiger partial charge >= 0.3 is 11.9 Å². The zero-order valence-electron chi connectivity index (χ0n) is 16.7. The van der Waals surface area contributed by atoms with E-state index in [0.29, 0.717) is 11.4 Å². The number of nitrogen functional groups attached to an aromatic ring is 1. The van der Waals surface area contributed by atoms with E-state index in [9.17, 15) is 18.4 Å². The first-order valence-corrected chi connectivity index (χ1v) is 9.09. The third kappa shape index (κ3) is 4.61. The molecule has 0 aliphatic carbocycles. The number of halogens is 2. The first-order valence-electron chi connectivity index (χ1n) is 9.09. The van der Waals surface area contributed by atoms with Crippen LogP contribution in [0.1, 0.15) is 26.3 Å². The highest BCUT2D eigenvalue weighted by atomic mass is 19.1. The molecule has 0 saturated heterocycles. The van der Waals surface area contributed by atoms with Gasteiger partial charge in [-0.2, -0.15) is 0 Å². The number of methoxy groups -OCH3 is 2. The summed E-state index contributed by atoms with van der Waals surface area (Å²) in [7, 11) is 2.38. The number of nitrogens with two attached hydrogens (primary N) is 1. The highest BCUT2D eigenvalue weighted by Crippen LogP contribution is 2.28. The maximum atomic E-state index is 14.7. The fourth-order valence-corrected chi connectivity index (χ4v) is 2.97. The van der Waals surface area contributed by atoms with E-state index in [1.54, 1.807) is 6.07 Å². The fraction of sp³-hybridized carbons (Fsp3) is 0.136. The molecule has 0 spiro atoms. The second-order valence-corrected chi connectivity index (χ2v) is 6.46. The number of aromatic nitrogens is 1. The average molecular weight is 427 g/mol. The molecule has 0 amide bonds. The number of esters is 2. The lowest BCUT2D eigenvalue weighted by Crippen LogP contribution is -2.09. The number of hydrogen-bond donors (Lipinski definition) is 2. The van der Waals surface area contributed by atoms with Crippen molar-refractivity contribution in [2.45, 2.75) is 6.54 Å². The van der Waals surface area contributed by atoms with Gasteiger partial charge in [-0.25, -0.2) is 23.4 Å². The summed E-state index contributed by atoms with van der Waals surface area (Å²) >= 11 is 0. The molecule has 9 heteroatoms. The molecule has 0 saturated carbocycles. The number of benzene rings is 2. The molecule has 0 radical (unpaired) electrons. The van der Waals surface area contributed by atoms with Crippen molar-refractivity contribution in [3.8, 4) is 11.1 Å². The maximum absolute atomic E-state index is 14.7. The van der Waals surface area contributed by atoms with E-state index in [1.165, 1.54) is 43.6 Å². The topological polar surface area (TPSA) is 104 Å². The number of hydrogen-bond acceptors (Lipinski definition) is 7. The number of rotatable bonds is 6. The number of ether oxygens (including phenoxy) is 2. The Hall–Kier alpha value is -4.01. The summed E-state index contributed by atoms with van der Waals surface area (Å²) in [6.45, 7) is 0.0522. The van der Waals surface area contributed by atoms with Gasteiger partial charge in [-0.1, -0.05) is 24.3 Å². The first kappa shape index (κ1) is 21.7. The lowest BCUT2D eigenvalue weighted by atomic mass is 9.98. The van der Waals surface area contributed by atoms with Gasteiger partial charge in [0.25, 0.3) is 0 Å². The zero-order chi connectivity index (χ0) is 22.5. The van der Waals surface area contributed by atoms with Crippen molar-refractivity contribution >= 4 is 23.4 Å². The van der Waals surface area contributed by atoms with Crippen molar-refractivity contribution in [1.29, 1.82) is 0 Å². The molecule has 0 unspecified atom stereocenters. The number of nitrogens with zero attached hydrogens (tertiary/aromatic N) is 1. The van der Waals surface area contributed by atoms with Gasteiger partial charge in [0.1, 0.15) is 23.0 Å². The van der Waals surface area contributed by atoms with Crippen LogP contribution in [0.5, 0.6) is 0 Å². The summed E-state index contributed by atoms with van der Waals surface area (Å²) in [6.07, 6.45) is 1.30. The van der Waals surface area contributed by atoms with Crippen LogP contribution < -0.4 is 11.1 Å². The monoisotopic (exact) mass is 427 g/mol. The molecule has 2 aromatic carbocycles. The van der Waals surface area contributed by atoms with Crippen molar-refractivity contribution in [3.63, 3.8) is 0 Å². The first-order chi connectivity index (χ1) is 14.8. The van der Waals surface area contributed by atoms with E-state index in [1.807, 2.05) is 0 Å². The SMILES string of the molecule is COC(=O)c1cc(NCc2ccc(-c3cccc(F)c3C(=O)OC)cc2F)ncc1N. The second-order valence-electron chi connectivity index (χ2n) is 6.46. The van der Waals surface area contributed by atoms with Gasteiger partial charge in [-0.15, -0.1) is 0 Å². The van der Waals surface area contributed by atoms with Crippen LogP contribution in [0, 0.1) is 11.6 Å². The number of anilines is 2. The third-order valence-electron chi connectivity index (χ3n) is 4.57. The van der Waals surface area contributed by atoms with Crippen molar-refractivity contribution < 1.29 is 27.8 Å². The standard InChI is InChI=1S/C22H19F2N3O4/c1-30-21(28)15-9-19(27-11-18(15)25)26-10-13-7-6-12(8-17(13)24)14-4-3-5-16(23)20(14)22(29)31-2/h3-9,11H,10,25H2,1-2H3,(H,26,27). The predicted octanol–water partition coefficient (Wildman–Crippen LogP) is 3.79. The van der Waals surface area contributed by atoms with Crippen LogP contribution in [0.3, 0.4) is 0 Å². The van der Waals surface area contributed by atoms with Crippen molar-refractivity contribution in [2.75, 3.05) is 25.3 Å². The van der Waals surface area contributed by atoms with Gasteiger partial charge < -0.3 is 20.5 Å². The largest absolute Gasteiger partial charge is 0.465 e. The van der Waals surface area contributed by atoms with Gasteiger partial charge in [0.05, 0.1) is 31.7 Å². The molecule has 7 nitrogen and oxygen atoms in total. The second kappa shape index (κ2) is 9.21. The summed E-state index contributed by atoms with van der Waals surface area (Å²) in [5.41, 5.74) is 6.56. The molecule has 0 fully saturated rings. The van der Waals surface area contributed by atoms with E-state index >= 15 is 0 Å². The summed E-state index contributed by atoms with van der Waals surface area (Å²) in [4.78, 5) is 27.7. The van der Waals surface area contributed by atoms with Crippen LogP contribution in [0.15, 0.2) is 48.7 Å². The van der Waals surface area contributed by atoms with Crippen molar-refractivity contribution in [2.24, 2.45) is 0 Å². The summed E-state index contributed by atoms with van der Waals surface area (Å²) in [6, 6.07) is 9.74. The summed E-state index contributed by atoms with van der Waals surface area (Å²) < 4.78 is 38.2. The molecule has 1 heterocycles. The van der Waals surface area contributed by atoms with Crippen LogP contribution in [0.2, 0.25) is 0 Å². The molecular weight excluding hydrogens is 408 g/mol. The molecule has 0 aliphatic heterocycles. The molecule has 3 N–H and O–H groups in total. The van der Waals surface area contributed by atoms with Gasteiger partial charge in [-0.05, 0) is 29.3 Å². The van der Waals surface area contributed by atoms with Gasteiger partial charge in [-0.3, -0.25) is 0 Å². The minimum atomic E-state index is -0.852. The molecule has 3 rings (SSSR count). The Morgan fingerprint density at radius 1 is 1.03 bits per heavy atom. The van der Waals surface area contributed by atoms with Crippen LogP contribution in [0.4, 0.5) is 20.3 Å². The average Bonchev–Trinajstić information content (AvgIpc) is 2.77. The van der Waals surface area contributed by atoms with E-state index in [-0.39, 0.29) is 34.5 Å². The smallest absolute Gasteiger partial charge is 0.341 e. The summed E-state index contributed by atoms with van der Waals surface area (Å²) in [5.74, 6) is -2.50. The van der Waals surface area contributed by atoms with Gasteiger partial charge in [0, 0.05) is 12.1 Å². The minimum Gasteiger partial charge on any atom is -0.465 e. The van der Waals surface area contributed by atoms with E-state index in [0.717, 1.165) is 13.2 Å². The van der Waals surface area contributed by atoms with Crippen LogP contribution in [0.25, 0.3) is 11.1 Å². The fourth-order valence-electron chi connectivity index (χ4n) is 2.97. The van der Waals surface area contributed by atoms with Crippen LogP contribution in [-0.2, 0) is 16.0 Å². The Morgan fingerprint density at radius 3 is 2.45 bits per heavy atom. The third-order valence-corrected chi connectivity index (χ3v) is 4.57. The van der Waals surface area contributed by atoms with Crippen LogP contribution >= 0.6 is 0 Å². The highest BCUT2D eigenvalue weighted by Gasteiger charge is 2.19. The normalized spacial score (nSPS) is 10.5. The number of pyridine rings is 1. The lowest BCUT2D eigenvalue weighted by molar-refractivity contribution is 0.0589. The highest BCUT2D eigenvalue weighted by molar-refractivity contribution is 5.97. The Balaban J connectivity index is 1.84. The predicted molar refractivity (Wildman–Crippen MR) is 110 cm³/mol. The molecule has 160 valence electrons. The molecule has 3 aromatic rings. The van der Waals surface area contributed by atoms with E-state index < -0.39 is 23.6 Å². The van der Waals surface area contributed by atoms with Gasteiger partial charge in [0.15, 0.2) is 0 Å². The number of carbonyl (C=O) groups excluding carboxylic acids is 2. The Labute approximate surface area is 176 Å². The molecule has 0 atom stereocenters. The maximum Gasteiger partial charge on any atom is 0.341 e. The molecule has 0 bridgehead atoms. The van der Waals surface area contributed by atoms with Gasteiger partial charge in [0.2, 0.25) is 0 Å². The molecule has 0 aliphatic rings. The Bertz CT molecular complexity index is 1150. The molecule has 31 heavy (non-hydrogen) atoms. The minimum absolute atomic E-state index is 0.0522. The Morgan fingerprint density at radius 2 is 1.77 bits per heavy atom. The summed E-state index contributed by atoms with van der Waals surface area (Å²) in [5, 5.41) is 2.91. The Kier molecular flexibility index (Phi) is 6.44. The van der Waals surface area contributed by atoms with E-state index in [4.69, 9.17) is 5.73 Å². The van der Waals surface area contributed by atoms with Crippen molar-refractivity contribution in [1.82, 2.24) is 4.98 Å². The number of carbonyl (C=O) groups is 2. The number of nitrogens with one attached hydrogen (secondary N) is 1. The molecular formula is C22H19F2N3O4. The quantitative estimate of drug-likeness (QED) is 0.577. The molecule has 1 aromatic heterocycles. The van der Waals surface area contributed by atoms with Crippen molar-refractivity contribution in [3.05, 3.63) is 77.0 Å². The van der Waals surface area contributed by atoms with Crippen LogP contribution in [-0.4, -0.2) is 31.1 Å². The lowest BCUT2D eigenvalue weighted by Gasteiger charge is -2.12.